The Morgan fingerprint density at radius 2 is 2.00 bits per heavy atom. The van der Waals surface area contributed by atoms with Crippen LogP contribution in [0.1, 0.15) is 50.7 Å². The molecule has 2 atom stereocenters. The molecule has 3 rings (SSSR count). The highest BCUT2D eigenvalue weighted by Gasteiger charge is 2.35. The van der Waals surface area contributed by atoms with Crippen molar-refractivity contribution in [2.45, 2.75) is 58.7 Å². The largest absolute Gasteiger partial charge is 0.306 e. The van der Waals surface area contributed by atoms with Crippen LogP contribution in [0.3, 0.4) is 0 Å². The first-order valence-electron chi connectivity index (χ1n) is 7.90. The van der Waals surface area contributed by atoms with E-state index in [1.165, 1.54) is 43.1 Å². The molecule has 2 aliphatic rings. The second-order valence-electron chi connectivity index (χ2n) is 7.48. The topological polar surface area (TPSA) is 28.2 Å². The summed E-state index contributed by atoms with van der Waals surface area (Å²) in [5.41, 5.74) is 1.43. The molecule has 1 aliphatic heterocycles. The van der Waals surface area contributed by atoms with E-state index >= 15 is 0 Å². The van der Waals surface area contributed by atoms with Crippen LogP contribution < -0.4 is 5.32 Å². The van der Waals surface area contributed by atoms with Gasteiger partial charge < -0.3 is 5.32 Å². The highest BCUT2D eigenvalue weighted by atomic mass is 32.1. The Morgan fingerprint density at radius 1 is 1.30 bits per heavy atom. The van der Waals surface area contributed by atoms with E-state index in [1.54, 1.807) is 11.3 Å². The maximum atomic E-state index is 4.79. The smallest absolute Gasteiger partial charge is 0.107 e. The van der Waals surface area contributed by atoms with E-state index < -0.39 is 0 Å². The van der Waals surface area contributed by atoms with E-state index in [9.17, 15) is 0 Å². The molecule has 112 valence electrons. The van der Waals surface area contributed by atoms with Crippen molar-refractivity contribution >= 4 is 11.3 Å². The van der Waals surface area contributed by atoms with Crippen molar-refractivity contribution < 1.29 is 0 Å². The van der Waals surface area contributed by atoms with Crippen LogP contribution in [0.4, 0.5) is 0 Å². The Hall–Kier alpha value is -0.450. The molecule has 1 saturated carbocycles. The Bertz CT molecular complexity index is 437. The number of thiazole rings is 1. The number of nitrogens with zero attached hydrogens (tertiary/aromatic N) is 2. The van der Waals surface area contributed by atoms with Gasteiger partial charge in [-0.3, -0.25) is 4.90 Å². The fourth-order valence-electron chi connectivity index (χ4n) is 3.53. The maximum absolute atomic E-state index is 4.79. The Kier molecular flexibility index (Phi) is 4.16. The van der Waals surface area contributed by atoms with Crippen LogP contribution in [0.25, 0.3) is 0 Å². The molecule has 1 aliphatic carbocycles. The lowest BCUT2D eigenvalue weighted by Gasteiger charge is -2.19. The van der Waals surface area contributed by atoms with E-state index in [0.29, 0.717) is 0 Å². The fourth-order valence-corrected chi connectivity index (χ4v) is 4.26. The van der Waals surface area contributed by atoms with Crippen molar-refractivity contribution in [2.75, 3.05) is 13.1 Å². The number of likely N-dealkylation sites (tertiary alicyclic amines) is 1. The SMILES string of the molecule is CC(C)(C)NCc1nc(CN2CC3CCCC3C2)cs1. The van der Waals surface area contributed by atoms with Gasteiger partial charge in [0.2, 0.25) is 0 Å². The van der Waals surface area contributed by atoms with Crippen LogP contribution in [0, 0.1) is 11.8 Å². The second-order valence-corrected chi connectivity index (χ2v) is 8.42. The van der Waals surface area contributed by atoms with Gasteiger partial charge in [-0.25, -0.2) is 4.98 Å². The zero-order chi connectivity index (χ0) is 14.2. The van der Waals surface area contributed by atoms with Crippen molar-refractivity contribution in [3.05, 3.63) is 16.1 Å². The quantitative estimate of drug-likeness (QED) is 0.923. The summed E-state index contributed by atoms with van der Waals surface area (Å²) >= 11 is 1.79. The Balaban J connectivity index is 1.50. The van der Waals surface area contributed by atoms with Crippen molar-refractivity contribution in [3.63, 3.8) is 0 Å². The van der Waals surface area contributed by atoms with Gasteiger partial charge in [-0.15, -0.1) is 11.3 Å². The van der Waals surface area contributed by atoms with E-state index in [0.717, 1.165) is 24.9 Å². The van der Waals surface area contributed by atoms with Gasteiger partial charge in [0, 0.05) is 37.1 Å². The van der Waals surface area contributed by atoms with Crippen molar-refractivity contribution in [2.24, 2.45) is 11.8 Å². The average molecular weight is 293 g/mol. The highest BCUT2D eigenvalue weighted by Crippen LogP contribution is 2.38. The first kappa shape index (κ1) is 14.5. The summed E-state index contributed by atoms with van der Waals surface area (Å²) in [4.78, 5) is 7.40. The van der Waals surface area contributed by atoms with E-state index in [1.807, 2.05) is 0 Å². The summed E-state index contributed by atoms with van der Waals surface area (Å²) in [6.07, 6.45) is 4.38. The van der Waals surface area contributed by atoms with Gasteiger partial charge in [-0.2, -0.15) is 0 Å². The number of fused-ring (bicyclic) bond motifs is 1. The molecule has 0 amide bonds. The zero-order valence-corrected chi connectivity index (χ0v) is 13.8. The third kappa shape index (κ3) is 3.60. The molecule has 4 heteroatoms. The predicted octanol–water partition coefficient (Wildman–Crippen LogP) is 3.26. The number of hydrogen-bond acceptors (Lipinski definition) is 4. The molecule has 0 bridgehead atoms. The highest BCUT2D eigenvalue weighted by molar-refractivity contribution is 7.09. The lowest BCUT2D eigenvalue weighted by molar-refractivity contribution is 0.300. The van der Waals surface area contributed by atoms with Crippen molar-refractivity contribution in [1.29, 1.82) is 0 Å². The van der Waals surface area contributed by atoms with Gasteiger partial charge in [0.25, 0.3) is 0 Å². The molecule has 1 aromatic heterocycles. The third-order valence-corrected chi connectivity index (χ3v) is 5.45. The first-order valence-corrected chi connectivity index (χ1v) is 8.78. The molecular weight excluding hydrogens is 266 g/mol. The fraction of sp³-hybridized carbons (Fsp3) is 0.812. The van der Waals surface area contributed by atoms with E-state index in [4.69, 9.17) is 4.98 Å². The summed E-state index contributed by atoms with van der Waals surface area (Å²) in [7, 11) is 0. The van der Waals surface area contributed by atoms with Crippen LogP contribution in [0.2, 0.25) is 0 Å². The van der Waals surface area contributed by atoms with Crippen LogP contribution in [0.15, 0.2) is 5.38 Å². The monoisotopic (exact) mass is 293 g/mol. The summed E-state index contributed by atoms with van der Waals surface area (Å²) in [6, 6.07) is 0. The Morgan fingerprint density at radius 3 is 2.65 bits per heavy atom. The molecule has 1 aromatic rings. The maximum Gasteiger partial charge on any atom is 0.107 e. The van der Waals surface area contributed by atoms with E-state index in [2.05, 4.69) is 36.4 Å². The summed E-state index contributed by atoms with van der Waals surface area (Å²) < 4.78 is 0. The first-order chi connectivity index (χ1) is 9.49. The molecule has 0 radical (unpaired) electrons. The van der Waals surface area contributed by atoms with E-state index in [-0.39, 0.29) is 5.54 Å². The van der Waals surface area contributed by atoms with Crippen LogP contribution in [-0.2, 0) is 13.1 Å². The molecule has 1 N–H and O–H groups in total. The minimum absolute atomic E-state index is 0.165. The van der Waals surface area contributed by atoms with Gasteiger partial charge >= 0.3 is 0 Å². The van der Waals surface area contributed by atoms with Gasteiger partial charge in [0.15, 0.2) is 0 Å². The minimum Gasteiger partial charge on any atom is -0.306 e. The standard InChI is InChI=1S/C16H27N3S/c1-16(2,3)17-7-15-18-14(11-20-15)10-19-8-12-5-4-6-13(12)9-19/h11-13,17H,4-10H2,1-3H3. The molecule has 3 nitrogen and oxygen atoms in total. The molecule has 20 heavy (non-hydrogen) atoms. The third-order valence-electron chi connectivity index (χ3n) is 4.56. The summed E-state index contributed by atoms with van der Waals surface area (Å²) in [6.45, 7) is 11.1. The average Bonchev–Trinajstić information content (AvgIpc) is 3.01. The Labute approximate surface area is 126 Å². The number of hydrogen-bond donors (Lipinski definition) is 1. The summed E-state index contributed by atoms with van der Waals surface area (Å²) in [5.74, 6) is 1.96. The van der Waals surface area contributed by atoms with Gasteiger partial charge in [0.1, 0.15) is 5.01 Å². The molecule has 0 aromatic carbocycles. The molecule has 0 spiro atoms. The number of aromatic nitrogens is 1. The molecular formula is C16H27N3S. The predicted molar refractivity (Wildman–Crippen MR) is 84.8 cm³/mol. The van der Waals surface area contributed by atoms with Crippen LogP contribution in [-0.4, -0.2) is 28.5 Å². The van der Waals surface area contributed by atoms with Crippen LogP contribution >= 0.6 is 11.3 Å². The lowest BCUT2D eigenvalue weighted by Crippen LogP contribution is -2.35. The minimum atomic E-state index is 0.165. The normalized spacial score (nSPS) is 27.1. The van der Waals surface area contributed by atoms with Crippen molar-refractivity contribution in [1.82, 2.24) is 15.2 Å². The zero-order valence-electron chi connectivity index (χ0n) is 13.0. The molecule has 1 saturated heterocycles. The van der Waals surface area contributed by atoms with Gasteiger partial charge in [-0.05, 0) is 45.4 Å². The van der Waals surface area contributed by atoms with Crippen molar-refractivity contribution in [3.8, 4) is 0 Å². The number of nitrogens with one attached hydrogen (secondary N) is 1. The second kappa shape index (κ2) is 5.74. The molecule has 2 unspecified atom stereocenters. The van der Waals surface area contributed by atoms with Gasteiger partial charge in [-0.1, -0.05) is 6.42 Å². The lowest BCUT2D eigenvalue weighted by atomic mass is 10.0. The number of rotatable bonds is 4. The molecule has 2 heterocycles. The molecule has 2 fully saturated rings. The van der Waals surface area contributed by atoms with Gasteiger partial charge in [0.05, 0.1) is 5.69 Å². The van der Waals surface area contributed by atoms with Crippen LogP contribution in [0.5, 0.6) is 0 Å². The summed E-state index contributed by atoms with van der Waals surface area (Å²) in [5, 5.41) is 6.97.